The average molecular weight is 236 g/mol. The lowest BCUT2D eigenvalue weighted by atomic mass is 9.85. The molecule has 0 N–H and O–H groups in total. The van der Waals surface area contributed by atoms with E-state index < -0.39 is 0 Å². The number of hydrogen-bond donors (Lipinski definition) is 0. The summed E-state index contributed by atoms with van der Waals surface area (Å²) in [6.45, 7) is 0. The van der Waals surface area contributed by atoms with E-state index in [2.05, 4.69) is 11.1 Å². The lowest BCUT2D eigenvalue weighted by Crippen LogP contribution is -2.30. The van der Waals surface area contributed by atoms with Crippen LogP contribution in [-0.4, -0.2) is 12.1 Å². The van der Waals surface area contributed by atoms with E-state index in [0.717, 1.165) is 23.5 Å². The molecule has 2 rings (SSSR count). The lowest BCUT2D eigenvalue weighted by Gasteiger charge is -2.34. The molecule has 1 aliphatic rings. The number of hydrogen-bond acceptors (Lipinski definition) is 4. The summed E-state index contributed by atoms with van der Waals surface area (Å²) in [6, 6.07) is 2.13. The summed E-state index contributed by atoms with van der Waals surface area (Å²) in [5.74, 6) is 0. The molecule has 1 heterocycles. The van der Waals surface area contributed by atoms with E-state index in [1.165, 1.54) is 19.3 Å². The second-order valence-corrected chi connectivity index (χ2v) is 5.10. The van der Waals surface area contributed by atoms with Crippen molar-refractivity contribution in [1.29, 1.82) is 5.26 Å². The molecular weight excluding hydrogens is 220 g/mol. The summed E-state index contributed by atoms with van der Waals surface area (Å²) < 4.78 is 5.72. The molecule has 1 aromatic rings. The van der Waals surface area contributed by atoms with Gasteiger partial charge in [-0.3, -0.25) is 0 Å². The van der Waals surface area contributed by atoms with Crippen LogP contribution >= 0.6 is 11.3 Å². The fourth-order valence-electron chi connectivity index (χ4n) is 2.31. The molecule has 1 fully saturated rings. The van der Waals surface area contributed by atoms with E-state index in [9.17, 15) is 0 Å². The van der Waals surface area contributed by atoms with Crippen molar-refractivity contribution in [2.24, 2.45) is 0 Å². The smallest absolute Gasteiger partial charge is 0.125 e. The fourth-order valence-corrected chi connectivity index (χ4v) is 3.36. The second-order valence-electron chi connectivity index (χ2n) is 4.24. The molecule has 0 aromatic carbocycles. The van der Waals surface area contributed by atoms with Crippen LogP contribution in [0.15, 0.2) is 5.38 Å². The van der Waals surface area contributed by atoms with Gasteiger partial charge in [0.15, 0.2) is 0 Å². The first-order chi connectivity index (χ1) is 7.80. The van der Waals surface area contributed by atoms with Crippen molar-refractivity contribution in [1.82, 2.24) is 4.98 Å². The third-order valence-electron chi connectivity index (χ3n) is 3.25. The number of aromatic nitrogens is 1. The van der Waals surface area contributed by atoms with Crippen molar-refractivity contribution >= 4 is 11.3 Å². The number of nitriles is 1. The van der Waals surface area contributed by atoms with Gasteiger partial charge in [-0.1, -0.05) is 19.3 Å². The number of thiazole rings is 1. The van der Waals surface area contributed by atoms with Gasteiger partial charge >= 0.3 is 0 Å². The van der Waals surface area contributed by atoms with Gasteiger partial charge in [0.25, 0.3) is 0 Å². The summed E-state index contributed by atoms with van der Waals surface area (Å²) >= 11 is 1.63. The molecule has 86 valence electrons. The molecule has 4 heteroatoms. The first-order valence-electron chi connectivity index (χ1n) is 5.68. The Morgan fingerprint density at radius 1 is 1.50 bits per heavy atom. The van der Waals surface area contributed by atoms with Gasteiger partial charge in [0.05, 0.1) is 18.2 Å². The molecule has 0 aliphatic heterocycles. The van der Waals surface area contributed by atoms with Crippen molar-refractivity contribution < 1.29 is 4.74 Å². The van der Waals surface area contributed by atoms with Crippen LogP contribution in [0.4, 0.5) is 0 Å². The minimum absolute atomic E-state index is 0.170. The molecule has 0 unspecified atom stereocenters. The van der Waals surface area contributed by atoms with E-state index >= 15 is 0 Å². The topological polar surface area (TPSA) is 45.9 Å². The number of rotatable bonds is 3. The molecule has 1 saturated carbocycles. The molecule has 1 aromatic heterocycles. The normalized spacial score (nSPS) is 19.2. The number of methoxy groups -OCH3 is 1. The van der Waals surface area contributed by atoms with Crippen LogP contribution in [0.3, 0.4) is 0 Å². The van der Waals surface area contributed by atoms with Crippen molar-refractivity contribution in [3.8, 4) is 6.07 Å². The van der Waals surface area contributed by atoms with E-state index in [-0.39, 0.29) is 5.60 Å². The number of ether oxygens (including phenoxy) is 1. The largest absolute Gasteiger partial charge is 0.371 e. The standard InChI is InChI=1S/C12H16N2OS/c1-15-12(6-3-2-4-7-12)11-14-10(5-8-13)9-16-11/h9H,2-7H2,1H3. The molecule has 0 amide bonds. The zero-order valence-electron chi connectivity index (χ0n) is 9.53. The van der Waals surface area contributed by atoms with Gasteiger partial charge in [0.1, 0.15) is 10.6 Å². The van der Waals surface area contributed by atoms with E-state index in [4.69, 9.17) is 10.00 Å². The molecule has 3 nitrogen and oxygen atoms in total. The summed E-state index contributed by atoms with van der Waals surface area (Å²) in [7, 11) is 1.77. The minimum Gasteiger partial charge on any atom is -0.371 e. The van der Waals surface area contributed by atoms with Gasteiger partial charge in [-0.25, -0.2) is 4.98 Å². The summed E-state index contributed by atoms with van der Waals surface area (Å²) in [5, 5.41) is 11.7. The third kappa shape index (κ3) is 2.11. The van der Waals surface area contributed by atoms with Crippen molar-refractivity contribution in [2.45, 2.75) is 44.1 Å². The molecule has 0 atom stereocenters. The SMILES string of the molecule is COC1(c2nc(CC#N)cs2)CCCCC1. The predicted molar refractivity (Wildman–Crippen MR) is 63.2 cm³/mol. The monoisotopic (exact) mass is 236 g/mol. The van der Waals surface area contributed by atoms with Crippen molar-refractivity contribution in [3.05, 3.63) is 16.1 Å². The van der Waals surface area contributed by atoms with Gasteiger partial charge in [-0.15, -0.1) is 11.3 Å². The Balaban J connectivity index is 2.22. The third-order valence-corrected chi connectivity index (χ3v) is 4.33. The Hall–Kier alpha value is -0.920. The highest BCUT2D eigenvalue weighted by Crippen LogP contribution is 2.41. The molecule has 1 aliphatic carbocycles. The van der Waals surface area contributed by atoms with E-state index in [1.807, 2.05) is 5.38 Å². The Kier molecular flexibility index (Phi) is 3.57. The zero-order valence-corrected chi connectivity index (χ0v) is 10.3. The van der Waals surface area contributed by atoms with Gasteiger partial charge in [-0.05, 0) is 12.8 Å². The van der Waals surface area contributed by atoms with Gasteiger partial charge < -0.3 is 4.74 Å². The summed E-state index contributed by atoms with van der Waals surface area (Å²) in [5.41, 5.74) is 0.709. The Bertz CT molecular complexity index is 388. The molecule has 0 radical (unpaired) electrons. The van der Waals surface area contributed by atoms with E-state index in [0.29, 0.717) is 6.42 Å². The first-order valence-corrected chi connectivity index (χ1v) is 6.56. The van der Waals surface area contributed by atoms with Crippen LogP contribution in [0.2, 0.25) is 0 Å². The quantitative estimate of drug-likeness (QED) is 0.810. The highest BCUT2D eigenvalue weighted by atomic mass is 32.1. The highest BCUT2D eigenvalue weighted by Gasteiger charge is 2.36. The molecular formula is C12H16N2OS. The zero-order chi connectivity index (χ0) is 11.4. The lowest BCUT2D eigenvalue weighted by molar-refractivity contribution is -0.0447. The maximum absolute atomic E-state index is 8.64. The Morgan fingerprint density at radius 2 is 2.25 bits per heavy atom. The summed E-state index contributed by atoms with van der Waals surface area (Å²) in [6.07, 6.45) is 6.23. The Labute approximate surface area is 100 Å². The van der Waals surface area contributed by atoms with Gasteiger partial charge in [-0.2, -0.15) is 5.26 Å². The van der Waals surface area contributed by atoms with Crippen LogP contribution in [0.1, 0.15) is 42.8 Å². The van der Waals surface area contributed by atoms with Crippen LogP contribution in [0.5, 0.6) is 0 Å². The van der Waals surface area contributed by atoms with Crippen molar-refractivity contribution in [2.75, 3.05) is 7.11 Å². The maximum atomic E-state index is 8.64. The van der Waals surface area contributed by atoms with Crippen LogP contribution < -0.4 is 0 Å². The first kappa shape index (κ1) is 11.6. The van der Waals surface area contributed by atoms with Gasteiger partial charge in [0, 0.05) is 12.5 Å². The fraction of sp³-hybridized carbons (Fsp3) is 0.667. The Morgan fingerprint density at radius 3 is 2.88 bits per heavy atom. The summed E-state index contributed by atoms with van der Waals surface area (Å²) in [4.78, 5) is 4.54. The minimum atomic E-state index is -0.170. The highest BCUT2D eigenvalue weighted by molar-refractivity contribution is 7.09. The average Bonchev–Trinajstić information content (AvgIpc) is 2.80. The molecule has 0 saturated heterocycles. The van der Waals surface area contributed by atoms with E-state index in [1.54, 1.807) is 18.4 Å². The predicted octanol–water partition coefficient (Wildman–Crippen LogP) is 3.01. The molecule has 0 spiro atoms. The van der Waals surface area contributed by atoms with Gasteiger partial charge in [0.2, 0.25) is 0 Å². The molecule has 0 bridgehead atoms. The van der Waals surface area contributed by atoms with Crippen LogP contribution in [0, 0.1) is 11.3 Å². The number of nitrogens with zero attached hydrogens (tertiary/aromatic N) is 2. The second kappa shape index (κ2) is 4.94. The molecule has 16 heavy (non-hydrogen) atoms. The van der Waals surface area contributed by atoms with Crippen molar-refractivity contribution in [3.63, 3.8) is 0 Å². The van der Waals surface area contributed by atoms with Crippen LogP contribution in [-0.2, 0) is 16.8 Å². The van der Waals surface area contributed by atoms with Crippen LogP contribution in [0.25, 0.3) is 0 Å². The maximum Gasteiger partial charge on any atom is 0.125 e.